The lowest BCUT2D eigenvalue weighted by molar-refractivity contribution is -0.384. The summed E-state index contributed by atoms with van der Waals surface area (Å²) in [5.41, 5.74) is 4.65. The molecule has 8 heteroatoms. The van der Waals surface area contributed by atoms with Crippen molar-refractivity contribution in [2.75, 3.05) is 23.7 Å². The number of nitro groups is 1. The Morgan fingerprint density at radius 2 is 1.74 bits per heavy atom. The Labute approximate surface area is 202 Å². The number of hydrogen-bond acceptors (Lipinski definition) is 5. The maximum absolute atomic E-state index is 13.0. The zero-order valence-corrected chi connectivity index (χ0v) is 19.1. The summed E-state index contributed by atoms with van der Waals surface area (Å²) < 4.78 is 0. The van der Waals surface area contributed by atoms with Gasteiger partial charge in [-0.3, -0.25) is 19.8 Å². The van der Waals surface area contributed by atoms with Gasteiger partial charge in [-0.05, 0) is 67.4 Å². The van der Waals surface area contributed by atoms with E-state index in [1.165, 1.54) is 30.5 Å². The summed E-state index contributed by atoms with van der Waals surface area (Å²) in [6.07, 6.45) is 2.50. The van der Waals surface area contributed by atoms with Gasteiger partial charge in [-0.25, -0.2) is 0 Å². The number of carbonyl (C=O) groups is 1. The van der Waals surface area contributed by atoms with Gasteiger partial charge in [-0.15, -0.1) is 0 Å². The molecule has 0 bridgehead atoms. The van der Waals surface area contributed by atoms with Crippen molar-refractivity contribution in [2.45, 2.75) is 19.4 Å². The molecule has 34 heavy (non-hydrogen) atoms. The lowest BCUT2D eigenvalue weighted by atomic mass is 9.99. The molecule has 3 aromatic rings. The van der Waals surface area contributed by atoms with E-state index in [4.69, 9.17) is 11.6 Å². The number of anilines is 2. The topological polar surface area (TPSA) is 87.5 Å². The Kier molecular flexibility index (Phi) is 6.04. The minimum absolute atomic E-state index is 0.0746. The fourth-order valence-electron chi connectivity index (χ4n) is 4.45. The Bertz CT molecular complexity index is 1280. The van der Waals surface area contributed by atoms with E-state index >= 15 is 0 Å². The van der Waals surface area contributed by atoms with E-state index in [1.54, 1.807) is 18.2 Å². The monoisotopic (exact) mass is 474 g/mol. The maximum Gasteiger partial charge on any atom is 0.270 e. The molecular formula is C26H23ClN4O3. The van der Waals surface area contributed by atoms with Crippen LogP contribution in [0.1, 0.15) is 29.5 Å². The number of nitro benzene ring substituents is 1. The van der Waals surface area contributed by atoms with E-state index in [9.17, 15) is 14.9 Å². The lowest BCUT2D eigenvalue weighted by Gasteiger charge is -2.17. The van der Waals surface area contributed by atoms with E-state index in [2.05, 4.69) is 27.7 Å². The average molecular weight is 475 g/mol. The number of fused-ring (bicyclic) bond motifs is 1. The predicted octanol–water partition coefficient (Wildman–Crippen LogP) is 5.78. The molecule has 0 spiro atoms. The molecule has 1 amide bonds. The highest BCUT2D eigenvalue weighted by Crippen LogP contribution is 2.39. The van der Waals surface area contributed by atoms with Crippen LogP contribution in [-0.4, -0.2) is 28.8 Å². The summed E-state index contributed by atoms with van der Waals surface area (Å²) in [5, 5.41) is 18.1. The second-order valence-corrected chi connectivity index (χ2v) is 8.94. The van der Waals surface area contributed by atoms with Crippen molar-refractivity contribution >= 4 is 45.8 Å². The Morgan fingerprint density at radius 3 is 2.41 bits per heavy atom. The van der Waals surface area contributed by atoms with Crippen LogP contribution < -0.4 is 10.6 Å². The summed E-state index contributed by atoms with van der Waals surface area (Å²) in [6.45, 7) is 3.19. The van der Waals surface area contributed by atoms with Crippen molar-refractivity contribution in [3.63, 3.8) is 0 Å². The summed E-state index contributed by atoms with van der Waals surface area (Å²) >= 11 is 6.09. The highest BCUT2D eigenvalue weighted by Gasteiger charge is 2.30. The number of rotatable bonds is 6. The molecule has 172 valence electrons. The zero-order chi connectivity index (χ0) is 23.7. The number of benzene rings is 3. The zero-order valence-electron chi connectivity index (χ0n) is 18.4. The largest absolute Gasteiger partial charge is 0.354 e. The van der Waals surface area contributed by atoms with Gasteiger partial charge in [0.05, 0.1) is 16.2 Å². The van der Waals surface area contributed by atoms with Gasteiger partial charge in [-0.1, -0.05) is 35.9 Å². The molecule has 0 saturated carbocycles. The first kappa shape index (κ1) is 22.1. The summed E-state index contributed by atoms with van der Waals surface area (Å²) in [6, 6.07) is 19.7. The molecule has 7 nitrogen and oxygen atoms in total. The standard InChI is InChI=1S/C26H23ClN4O3/c27-19-7-5-18(6-8-19)25(24-22-15-21(31(33)34)11-12-23(22)29-26(24)32)28-20-9-3-17(4-10-20)16-30-13-1-2-14-30/h3-12,15,28H,1-2,13-14,16H2,(H,29,32)/b25-24-. The fourth-order valence-corrected chi connectivity index (χ4v) is 4.58. The van der Waals surface area contributed by atoms with Crippen molar-refractivity contribution in [3.8, 4) is 0 Å². The van der Waals surface area contributed by atoms with E-state index in [1.807, 2.05) is 24.3 Å². The van der Waals surface area contributed by atoms with Crippen LogP contribution in [0, 0.1) is 10.1 Å². The van der Waals surface area contributed by atoms with Crippen LogP contribution in [0.4, 0.5) is 17.1 Å². The van der Waals surface area contributed by atoms with Gasteiger partial charge in [0.25, 0.3) is 11.6 Å². The van der Waals surface area contributed by atoms with Crippen LogP contribution in [-0.2, 0) is 11.3 Å². The van der Waals surface area contributed by atoms with Crippen LogP contribution in [0.25, 0.3) is 11.3 Å². The van der Waals surface area contributed by atoms with Gasteiger partial charge >= 0.3 is 0 Å². The van der Waals surface area contributed by atoms with Crippen LogP contribution in [0.5, 0.6) is 0 Å². The number of nitrogens with zero attached hydrogens (tertiary/aromatic N) is 2. The highest BCUT2D eigenvalue weighted by atomic mass is 35.5. The smallest absolute Gasteiger partial charge is 0.270 e. The van der Waals surface area contributed by atoms with E-state index in [0.717, 1.165) is 30.9 Å². The molecule has 0 atom stereocenters. The second-order valence-electron chi connectivity index (χ2n) is 8.50. The molecule has 2 aliphatic heterocycles. The molecule has 3 aromatic carbocycles. The Balaban J connectivity index is 1.54. The van der Waals surface area contributed by atoms with Crippen LogP contribution >= 0.6 is 11.6 Å². The number of halogens is 1. The number of nitrogens with one attached hydrogen (secondary N) is 2. The minimum atomic E-state index is -0.463. The van der Waals surface area contributed by atoms with Crippen LogP contribution in [0.15, 0.2) is 66.7 Å². The number of amides is 1. The first-order valence-electron chi connectivity index (χ1n) is 11.2. The third-order valence-electron chi connectivity index (χ3n) is 6.17. The molecule has 2 heterocycles. The third kappa shape index (κ3) is 4.53. The molecule has 5 rings (SSSR count). The van der Waals surface area contributed by atoms with Gasteiger partial charge in [0.1, 0.15) is 0 Å². The van der Waals surface area contributed by atoms with E-state index < -0.39 is 4.92 Å². The van der Waals surface area contributed by atoms with Crippen molar-refractivity contribution in [2.24, 2.45) is 0 Å². The molecule has 0 radical (unpaired) electrons. The minimum Gasteiger partial charge on any atom is -0.354 e. The van der Waals surface area contributed by atoms with E-state index in [-0.39, 0.29) is 11.6 Å². The SMILES string of the molecule is O=C1Nc2ccc([N+](=O)[O-])cc2/C1=C(/Nc1ccc(CN2CCCC2)cc1)c1ccc(Cl)cc1. The van der Waals surface area contributed by atoms with Crippen LogP contribution in [0.2, 0.25) is 5.02 Å². The van der Waals surface area contributed by atoms with E-state index in [0.29, 0.717) is 27.5 Å². The number of hydrogen-bond donors (Lipinski definition) is 2. The number of carbonyl (C=O) groups excluding carboxylic acids is 1. The van der Waals surface area contributed by atoms with Crippen molar-refractivity contribution in [1.82, 2.24) is 4.90 Å². The van der Waals surface area contributed by atoms with Gasteiger partial charge in [0.15, 0.2) is 0 Å². The Hall–Kier alpha value is -3.68. The molecule has 0 unspecified atom stereocenters. The van der Waals surface area contributed by atoms with Gasteiger partial charge in [0, 0.05) is 40.6 Å². The summed E-state index contributed by atoms with van der Waals surface area (Å²) in [7, 11) is 0. The van der Waals surface area contributed by atoms with Crippen LogP contribution in [0.3, 0.4) is 0 Å². The van der Waals surface area contributed by atoms with Crippen molar-refractivity contribution < 1.29 is 9.72 Å². The highest BCUT2D eigenvalue weighted by molar-refractivity contribution is 6.37. The van der Waals surface area contributed by atoms with Gasteiger partial charge < -0.3 is 10.6 Å². The summed E-state index contributed by atoms with van der Waals surface area (Å²) in [5.74, 6) is -0.321. The maximum atomic E-state index is 13.0. The summed E-state index contributed by atoms with van der Waals surface area (Å²) in [4.78, 5) is 26.4. The average Bonchev–Trinajstić information content (AvgIpc) is 3.45. The third-order valence-corrected chi connectivity index (χ3v) is 6.42. The predicted molar refractivity (Wildman–Crippen MR) is 135 cm³/mol. The normalized spacial score (nSPS) is 16.8. The Morgan fingerprint density at radius 1 is 1.03 bits per heavy atom. The molecule has 0 aromatic heterocycles. The molecule has 1 fully saturated rings. The van der Waals surface area contributed by atoms with Gasteiger partial charge in [-0.2, -0.15) is 0 Å². The van der Waals surface area contributed by atoms with Crippen molar-refractivity contribution in [3.05, 3.63) is 98.6 Å². The molecule has 2 aliphatic rings. The molecule has 0 aliphatic carbocycles. The van der Waals surface area contributed by atoms with Crippen molar-refractivity contribution in [1.29, 1.82) is 0 Å². The lowest BCUT2D eigenvalue weighted by Crippen LogP contribution is -2.18. The first-order valence-corrected chi connectivity index (χ1v) is 11.5. The van der Waals surface area contributed by atoms with Gasteiger partial charge in [0.2, 0.25) is 0 Å². The number of likely N-dealkylation sites (tertiary alicyclic amines) is 1. The molecule has 1 saturated heterocycles. The molecule has 2 N–H and O–H groups in total. The molecular weight excluding hydrogens is 452 g/mol. The quantitative estimate of drug-likeness (QED) is 0.269. The first-order chi connectivity index (χ1) is 16.5. The second kappa shape index (κ2) is 9.29. The number of non-ortho nitro benzene ring substituents is 1. The fraction of sp³-hybridized carbons (Fsp3) is 0.192.